The molecule has 0 saturated carbocycles. The number of rotatable bonds is 11. The summed E-state index contributed by atoms with van der Waals surface area (Å²) in [6.45, 7) is 4.96. The summed E-state index contributed by atoms with van der Waals surface area (Å²) in [5, 5.41) is 10.6. The van der Waals surface area contributed by atoms with Crippen LogP contribution in [0.25, 0.3) is 0 Å². The van der Waals surface area contributed by atoms with Crippen molar-refractivity contribution in [2.24, 2.45) is 5.73 Å². The number of aliphatic carboxylic acids is 1. The SMILES string of the molecule is CCOP(=S)(OCC)SCSc1cc(Cl)ccc1Cl.NC(Cc1ccccc1)C(=O)O. The first-order valence-electron chi connectivity index (χ1n) is 9.34. The zero-order chi connectivity index (χ0) is 23.3. The minimum atomic E-state index is -2.23. The number of nitrogens with two attached hydrogens (primary N) is 1. The summed E-state index contributed by atoms with van der Waals surface area (Å²) in [6, 6.07) is 14.0. The van der Waals surface area contributed by atoms with Crippen LogP contribution in [0.3, 0.4) is 0 Å². The fourth-order valence-corrected chi connectivity index (χ4v) is 9.66. The molecule has 2 rings (SSSR count). The predicted octanol–water partition coefficient (Wildman–Crippen LogP) is 6.71. The molecule has 0 aromatic heterocycles. The molecule has 5 nitrogen and oxygen atoms in total. The first kappa shape index (κ1) is 28.8. The minimum Gasteiger partial charge on any atom is -0.480 e. The van der Waals surface area contributed by atoms with E-state index < -0.39 is 17.7 Å². The lowest BCUT2D eigenvalue weighted by atomic mass is 10.1. The zero-order valence-corrected chi connectivity index (χ0v) is 22.1. The van der Waals surface area contributed by atoms with Gasteiger partial charge >= 0.3 is 5.97 Å². The minimum absolute atomic E-state index is 0.385. The Labute approximate surface area is 207 Å². The summed E-state index contributed by atoms with van der Waals surface area (Å²) >= 11 is 20.6. The highest BCUT2D eigenvalue weighted by Gasteiger charge is 2.19. The Hall–Kier alpha value is -0.280. The third kappa shape index (κ3) is 11.9. The van der Waals surface area contributed by atoms with Crippen molar-refractivity contribution in [2.75, 3.05) is 18.3 Å². The van der Waals surface area contributed by atoms with Gasteiger partial charge in [-0.2, -0.15) is 0 Å². The fourth-order valence-electron chi connectivity index (χ4n) is 2.13. The summed E-state index contributed by atoms with van der Waals surface area (Å²) in [7, 11) is 0. The average molecular weight is 543 g/mol. The third-order valence-electron chi connectivity index (χ3n) is 3.51. The molecule has 0 aliphatic carbocycles. The molecule has 0 fully saturated rings. The monoisotopic (exact) mass is 541 g/mol. The van der Waals surface area contributed by atoms with Crippen molar-refractivity contribution in [3.63, 3.8) is 0 Å². The first-order valence-corrected chi connectivity index (χ1v) is 15.3. The molecule has 2 aromatic carbocycles. The summed E-state index contributed by atoms with van der Waals surface area (Å²) in [4.78, 5) is 11.3. The Morgan fingerprint density at radius 3 is 2.32 bits per heavy atom. The Kier molecular flexibility index (Phi) is 14.4. The molecule has 1 unspecified atom stereocenters. The molecule has 0 aliphatic rings. The lowest BCUT2D eigenvalue weighted by Crippen LogP contribution is -2.32. The number of benzene rings is 2. The zero-order valence-electron chi connectivity index (χ0n) is 17.2. The predicted molar refractivity (Wildman–Crippen MR) is 138 cm³/mol. The second kappa shape index (κ2) is 15.5. The maximum atomic E-state index is 10.4. The van der Waals surface area contributed by atoms with E-state index in [-0.39, 0.29) is 0 Å². The van der Waals surface area contributed by atoms with Crippen molar-refractivity contribution in [1.29, 1.82) is 0 Å². The standard InChI is InChI=1S/C11H15Cl2O2PS3.C9H11NO2/c1-3-14-16(17,15-4-2)19-8-18-11-7-9(12)5-6-10(11)13;10-8(9(11)12)6-7-4-2-1-3-5-7/h5-7H,3-4,8H2,1-2H3;1-5,8H,6,10H2,(H,11,12). The second-order valence-corrected chi connectivity index (χ2v) is 14.4. The third-order valence-corrected chi connectivity index (χ3v) is 11.3. The van der Waals surface area contributed by atoms with E-state index in [4.69, 9.17) is 54.9 Å². The first-order chi connectivity index (χ1) is 14.7. The van der Waals surface area contributed by atoms with Gasteiger partial charge in [-0.15, -0.1) is 11.8 Å². The average Bonchev–Trinajstić information content (AvgIpc) is 2.72. The highest BCUT2D eigenvalue weighted by Crippen LogP contribution is 2.62. The van der Waals surface area contributed by atoms with Gasteiger partial charge < -0.3 is 19.9 Å². The summed E-state index contributed by atoms with van der Waals surface area (Å²) in [5.74, 6) is -0.959. The van der Waals surface area contributed by atoms with Gasteiger partial charge in [0, 0.05) is 9.92 Å². The Morgan fingerprint density at radius 1 is 1.16 bits per heavy atom. The number of thioether (sulfide) groups is 1. The molecule has 0 bridgehead atoms. The van der Waals surface area contributed by atoms with Gasteiger partial charge in [0.2, 0.25) is 5.69 Å². The quantitative estimate of drug-likeness (QED) is 0.184. The van der Waals surface area contributed by atoms with Gasteiger partial charge in [0.15, 0.2) is 0 Å². The van der Waals surface area contributed by atoms with Crippen molar-refractivity contribution in [3.8, 4) is 0 Å². The molecule has 31 heavy (non-hydrogen) atoms. The van der Waals surface area contributed by atoms with Gasteiger partial charge in [-0.05, 0) is 55.8 Å². The molecule has 0 heterocycles. The molecule has 172 valence electrons. The highest BCUT2D eigenvalue weighted by molar-refractivity contribution is 8.69. The van der Waals surface area contributed by atoms with Crippen LogP contribution in [-0.2, 0) is 32.1 Å². The fraction of sp³-hybridized carbons (Fsp3) is 0.350. The van der Waals surface area contributed by atoms with E-state index in [0.717, 1.165) is 15.5 Å². The van der Waals surface area contributed by atoms with Crippen molar-refractivity contribution in [2.45, 2.75) is 31.2 Å². The molecule has 0 radical (unpaired) electrons. The van der Waals surface area contributed by atoms with Crippen LogP contribution in [-0.4, -0.2) is 35.4 Å². The summed E-state index contributed by atoms with van der Waals surface area (Å²) in [6.07, 6.45) is 0.385. The van der Waals surface area contributed by atoms with E-state index in [1.54, 1.807) is 23.9 Å². The van der Waals surface area contributed by atoms with Crippen LogP contribution in [0.15, 0.2) is 53.4 Å². The molecular weight excluding hydrogens is 516 g/mol. The smallest absolute Gasteiger partial charge is 0.320 e. The molecule has 0 saturated heterocycles. The van der Waals surface area contributed by atoms with Gasteiger partial charge in [0.1, 0.15) is 6.04 Å². The van der Waals surface area contributed by atoms with Crippen LogP contribution >= 0.6 is 52.0 Å². The Morgan fingerprint density at radius 2 is 1.77 bits per heavy atom. The molecule has 0 amide bonds. The van der Waals surface area contributed by atoms with Gasteiger partial charge in [-0.1, -0.05) is 64.9 Å². The normalized spacial score (nSPS) is 12.0. The van der Waals surface area contributed by atoms with Crippen LogP contribution in [0.2, 0.25) is 10.0 Å². The van der Waals surface area contributed by atoms with E-state index in [1.807, 2.05) is 50.2 Å². The lowest BCUT2D eigenvalue weighted by molar-refractivity contribution is -0.138. The lowest BCUT2D eigenvalue weighted by Gasteiger charge is -2.19. The van der Waals surface area contributed by atoms with Crippen molar-refractivity contribution >= 4 is 69.8 Å². The maximum Gasteiger partial charge on any atom is 0.320 e. The molecule has 2 aromatic rings. The van der Waals surface area contributed by atoms with Gasteiger partial charge in [0.05, 0.1) is 23.3 Å². The number of carboxylic acids is 1. The summed E-state index contributed by atoms with van der Waals surface area (Å²) < 4.78 is 11.1. The largest absolute Gasteiger partial charge is 0.480 e. The van der Waals surface area contributed by atoms with Gasteiger partial charge in [-0.25, -0.2) is 0 Å². The van der Waals surface area contributed by atoms with Crippen LogP contribution < -0.4 is 5.73 Å². The maximum absolute atomic E-state index is 10.4. The van der Waals surface area contributed by atoms with Crippen LogP contribution in [0, 0.1) is 0 Å². The van der Waals surface area contributed by atoms with Crippen molar-refractivity contribution < 1.29 is 18.9 Å². The van der Waals surface area contributed by atoms with Crippen molar-refractivity contribution in [1.82, 2.24) is 0 Å². The molecule has 1 atom stereocenters. The van der Waals surface area contributed by atoms with Crippen molar-refractivity contribution in [3.05, 3.63) is 64.1 Å². The van der Waals surface area contributed by atoms with E-state index >= 15 is 0 Å². The Balaban J connectivity index is 0.000000343. The number of halogens is 2. The number of carboxylic acid groups (broad SMARTS) is 1. The van der Waals surface area contributed by atoms with Crippen LogP contribution in [0.1, 0.15) is 19.4 Å². The highest BCUT2D eigenvalue weighted by atomic mass is 35.5. The number of hydrogen-bond acceptors (Lipinski definition) is 7. The van der Waals surface area contributed by atoms with Crippen LogP contribution in [0.4, 0.5) is 0 Å². The molecular formula is C20H26Cl2NO4PS3. The molecule has 0 aliphatic heterocycles. The number of carbonyl (C=O) groups is 1. The Bertz CT molecular complexity index is 852. The van der Waals surface area contributed by atoms with E-state index in [9.17, 15) is 4.79 Å². The van der Waals surface area contributed by atoms with E-state index in [2.05, 4.69) is 0 Å². The van der Waals surface area contributed by atoms with Crippen LogP contribution in [0.5, 0.6) is 0 Å². The van der Waals surface area contributed by atoms with Gasteiger partial charge in [0.25, 0.3) is 0 Å². The number of hydrogen-bond donors (Lipinski definition) is 2. The molecule has 11 heteroatoms. The van der Waals surface area contributed by atoms with E-state index in [1.165, 1.54) is 11.4 Å². The molecule has 0 spiro atoms. The van der Waals surface area contributed by atoms with Gasteiger partial charge in [-0.3, -0.25) is 4.79 Å². The van der Waals surface area contributed by atoms with E-state index in [0.29, 0.717) is 29.7 Å². The molecule has 3 N–H and O–H groups in total. The summed E-state index contributed by atoms with van der Waals surface area (Å²) in [5.41, 5.74) is 4.07. The second-order valence-electron chi connectivity index (χ2n) is 5.88. The topological polar surface area (TPSA) is 81.8 Å².